The fraction of sp³-hybridized carbons (Fsp3) is 0.125. The molecule has 0 spiro atoms. The molecule has 0 bridgehead atoms. The Kier molecular flexibility index (Phi) is 2.94. The minimum Gasteiger partial charge on any atom is -0.265 e. The second-order valence-electron chi connectivity index (χ2n) is 1.78. The Morgan fingerprint density at radius 3 is 2.73 bits per heavy atom. The topological polar surface area (TPSA) is 12.9 Å². The highest BCUT2D eigenvalue weighted by molar-refractivity contribution is 8.00. The van der Waals surface area contributed by atoms with Crippen molar-refractivity contribution in [3.05, 3.63) is 24.5 Å². The number of terminal acetylenes is 1. The summed E-state index contributed by atoms with van der Waals surface area (Å²) >= 11 is 1.00. The first-order valence-electron chi connectivity index (χ1n) is 3.00. The van der Waals surface area contributed by atoms with Crippen molar-refractivity contribution >= 4 is 11.8 Å². The third-order valence-corrected chi connectivity index (χ3v) is 1.91. The van der Waals surface area contributed by atoms with Crippen LogP contribution in [-0.4, -0.2) is 10.5 Å². The number of aromatic nitrogens is 1. The third-order valence-electron chi connectivity index (χ3n) is 1.02. The summed E-state index contributed by atoms with van der Waals surface area (Å²) < 4.78 is 12.5. The van der Waals surface area contributed by atoms with E-state index in [4.69, 9.17) is 6.42 Å². The van der Waals surface area contributed by atoms with E-state index in [1.807, 2.05) is 5.92 Å². The Labute approximate surface area is 69.0 Å². The molecule has 0 radical (unpaired) electrons. The van der Waals surface area contributed by atoms with Crippen molar-refractivity contribution in [3.8, 4) is 12.3 Å². The molecule has 11 heavy (non-hydrogen) atoms. The zero-order valence-corrected chi connectivity index (χ0v) is 6.51. The lowest BCUT2D eigenvalue weighted by atomic mass is 10.5. The maximum atomic E-state index is 12.5. The number of thioether (sulfide) groups is 1. The number of rotatable bonds is 2. The average Bonchev–Trinajstić information content (AvgIpc) is 2.06. The van der Waals surface area contributed by atoms with Gasteiger partial charge in [0.1, 0.15) is 0 Å². The summed E-state index contributed by atoms with van der Waals surface area (Å²) in [5, 5.41) is 0. The Bertz CT molecular complexity index is 255. The molecule has 0 aliphatic rings. The van der Waals surface area contributed by atoms with Gasteiger partial charge in [0, 0.05) is 17.3 Å². The molecule has 56 valence electrons. The summed E-state index contributed by atoms with van der Waals surface area (Å²) in [6.07, 6.45) is 8.06. The second kappa shape index (κ2) is 3.99. The van der Waals surface area contributed by atoms with Crippen LogP contribution >= 0.6 is 11.8 Å². The van der Waals surface area contributed by atoms with Crippen LogP contribution in [0, 0.1) is 12.3 Å². The molecule has 0 aromatic carbocycles. The molecule has 0 fully saturated rings. The highest BCUT2D eigenvalue weighted by Crippen LogP contribution is 2.22. The van der Waals surface area contributed by atoms with Gasteiger partial charge in [-0.25, -0.2) is 4.39 Å². The molecule has 1 rings (SSSR count). The number of hydrogen-bond acceptors (Lipinski definition) is 2. The van der Waals surface area contributed by atoms with E-state index < -0.39 is 5.50 Å². The van der Waals surface area contributed by atoms with Gasteiger partial charge in [-0.15, -0.1) is 6.42 Å². The molecule has 1 aromatic rings. The molecular weight excluding hydrogens is 161 g/mol. The number of halogens is 1. The van der Waals surface area contributed by atoms with Crippen LogP contribution in [0.1, 0.15) is 0 Å². The van der Waals surface area contributed by atoms with Gasteiger partial charge in [0.05, 0.1) is 0 Å². The van der Waals surface area contributed by atoms with Crippen LogP contribution in [0.5, 0.6) is 0 Å². The van der Waals surface area contributed by atoms with Crippen molar-refractivity contribution in [2.24, 2.45) is 0 Å². The summed E-state index contributed by atoms with van der Waals surface area (Å²) in [6.45, 7) is 0. The van der Waals surface area contributed by atoms with Gasteiger partial charge in [-0.2, -0.15) is 0 Å². The van der Waals surface area contributed by atoms with Crippen LogP contribution in [0.15, 0.2) is 29.4 Å². The van der Waals surface area contributed by atoms with E-state index >= 15 is 0 Å². The summed E-state index contributed by atoms with van der Waals surface area (Å²) in [5.74, 6) is 1.99. The van der Waals surface area contributed by atoms with E-state index in [1.165, 1.54) is 0 Å². The summed E-state index contributed by atoms with van der Waals surface area (Å²) in [7, 11) is 0. The molecule has 0 N–H and O–H groups in total. The normalized spacial score (nSPS) is 12.0. The highest BCUT2D eigenvalue weighted by Gasteiger charge is 2.01. The van der Waals surface area contributed by atoms with E-state index in [1.54, 1.807) is 24.5 Å². The standard InChI is InChI=1S/C8H6FNS/c1-2-8(9)11-7-3-5-10-6-4-7/h1,3-6,8H. The van der Waals surface area contributed by atoms with Crippen molar-refractivity contribution in [1.82, 2.24) is 4.98 Å². The van der Waals surface area contributed by atoms with Gasteiger partial charge in [0.15, 0.2) is 0 Å². The highest BCUT2D eigenvalue weighted by atomic mass is 32.2. The molecule has 1 aromatic heterocycles. The van der Waals surface area contributed by atoms with E-state index in [9.17, 15) is 4.39 Å². The second-order valence-corrected chi connectivity index (χ2v) is 2.90. The minimum absolute atomic E-state index is 0.797. The quantitative estimate of drug-likeness (QED) is 0.494. The van der Waals surface area contributed by atoms with Crippen LogP contribution < -0.4 is 0 Å². The van der Waals surface area contributed by atoms with Gasteiger partial charge >= 0.3 is 0 Å². The SMILES string of the molecule is C#CC(F)Sc1ccncc1. The first kappa shape index (κ1) is 8.09. The summed E-state index contributed by atoms with van der Waals surface area (Å²) in [4.78, 5) is 4.59. The molecule has 0 aliphatic carbocycles. The Hall–Kier alpha value is -1.01. The Morgan fingerprint density at radius 2 is 2.18 bits per heavy atom. The van der Waals surface area contributed by atoms with Crippen molar-refractivity contribution in [3.63, 3.8) is 0 Å². The van der Waals surface area contributed by atoms with Crippen LogP contribution in [0.2, 0.25) is 0 Å². The number of pyridine rings is 1. The van der Waals surface area contributed by atoms with Crippen LogP contribution in [0.3, 0.4) is 0 Å². The van der Waals surface area contributed by atoms with Crippen LogP contribution in [0.25, 0.3) is 0 Å². The molecule has 1 unspecified atom stereocenters. The first-order chi connectivity index (χ1) is 5.33. The van der Waals surface area contributed by atoms with Gasteiger partial charge in [-0.05, 0) is 12.1 Å². The van der Waals surface area contributed by atoms with Crippen molar-refractivity contribution in [2.75, 3.05) is 0 Å². The van der Waals surface area contributed by atoms with E-state index in [0.29, 0.717) is 0 Å². The molecule has 0 amide bonds. The Balaban J connectivity index is 2.60. The molecule has 0 saturated heterocycles. The fourth-order valence-electron chi connectivity index (χ4n) is 0.570. The van der Waals surface area contributed by atoms with Gasteiger partial charge < -0.3 is 0 Å². The molecule has 1 nitrogen and oxygen atoms in total. The largest absolute Gasteiger partial charge is 0.265 e. The summed E-state index contributed by atoms with van der Waals surface area (Å²) in [6, 6.07) is 3.43. The first-order valence-corrected chi connectivity index (χ1v) is 3.88. The molecular formula is C8H6FNS. The molecule has 3 heteroatoms. The van der Waals surface area contributed by atoms with Gasteiger partial charge in [0.25, 0.3) is 0 Å². The zero-order valence-electron chi connectivity index (χ0n) is 5.70. The maximum absolute atomic E-state index is 12.5. The summed E-state index contributed by atoms with van der Waals surface area (Å²) in [5.41, 5.74) is -1.27. The average molecular weight is 167 g/mol. The number of nitrogens with zero attached hydrogens (tertiary/aromatic N) is 1. The molecule has 1 atom stereocenters. The van der Waals surface area contributed by atoms with E-state index in [-0.39, 0.29) is 0 Å². The predicted molar refractivity (Wildman–Crippen MR) is 43.8 cm³/mol. The number of alkyl halides is 1. The van der Waals surface area contributed by atoms with Gasteiger partial charge in [0.2, 0.25) is 5.50 Å². The fourth-order valence-corrected chi connectivity index (χ4v) is 1.16. The van der Waals surface area contributed by atoms with Gasteiger partial charge in [-0.3, -0.25) is 4.98 Å². The monoisotopic (exact) mass is 167 g/mol. The van der Waals surface area contributed by atoms with Crippen molar-refractivity contribution < 1.29 is 4.39 Å². The van der Waals surface area contributed by atoms with Crippen molar-refractivity contribution in [1.29, 1.82) is 0 Å². The van der Waals surface area contributed by atoms with Crippen molar-refractivity contribution in [2.45, 2.75) is 10.4 Å². The predicted octanol–water partition coefficient (Wildman–Crippen LogP) is 2.10. The maximum Gasteiger partial charge on any atom is 0.210 e. The number of hydrogen-bond donors (Lipinski definition) is 0. The lowest BCUT2D eigenvalue weighted by Gasteiger charge is -1.98. The zero-order chi connectivity index (χ0) is 8.10. The third kappa shape index (κ3) is 2.60. The van der Waals surface area contributed by atoms with E-state index in [0.717, 1.165) is 16.7 Å². The van der Waals surface area contributed by atoms with E-state index in [2.05, 4.69) is 4.98 Å². The van der Waals surface area contributed by atoms with Gasteiger partial charge in [-0.1, -0.05) is 17.7 Å². The lowest BCUT2D eigenvalue weighted by Crippen LogP contribution is -1.86. The van der Waals surface area contributed by atoms with Crippen LogP contribution in [-0.2, 0) is 0 Å². The van der Waals surface area contributed by atoms with Crippen LogP contribution in [0.4, 0.5) is 4.39 Å². The smallest absolute Gasteiger partial charge is 0.210 e. The molecule has 1 heterocycles. The minimum atomic E-state index is -1.27. The lowest BCUT2D eigenvalue weighted by molar-refractivity contribution is 0.532. The molecule has 0 aliphatic heterocycles. The molecule has 0 saturated carbocycles. The Morgan fingerprint density at radius 1 is 1.55 bits per heavy atom.